The molecule has 4 rings (SSSR count). The Balaban J connectivity index is 1.48. The first-order chi connectivity index (χ1) is 15.5. The Bertz CT molecular complexity index is 1360. The lowest BCUT2D eigenvalue weighted by Gasteiger charge is -2.06. The summed E-state index contributed by atoms with van der Waals surface area (Å²) in [4.78, 5) is 37.3. The Hall–Kier alpha value is -3.74. The Morgan fingerprint density at radius 2 is 1.69 bits per heavy atom. The standard InChI is InChI=1S/C23H17N5O2S2/c1-14-19(15-8-4-2-5-9-15)26-23(32-14)25-18(29)13-31-22-27-20(16-10-6-3-7-11-16)17(12-24)21(30)28-22/h2-11H,13H2,1H3,(H,25,26,29)(H,27,28,30). The van der Waals surface area contributed by atoms with Crippen molar-refractivity contribution in [3.63, 3.8) is 0 Å². The molecule has 1 amide bonds. The van der Waals surface area contributed by atoms with Crippen LogP contribution in [0, 0.1) is 18.3 Å². The molecule has 32 heavy (non-hydrogen) atoms. The lowest BCUT2D eigenvalue weighted by atomic mass is 10.1. The van der Waals surface area contributed by atoms with Gasteiger partial charge in [0.1, 0.15) is 11.6 Å². The number of aryl methyl sites for hydroxylation is 1. The van der Waals surface area contributed by atoms with Gasteiger partial charge in [0.15, 0.2) is 10.3 Å². The summed E-state index contributed by atoms with van der Waals surface area (Å²) in [6.45, 7) is 1.96. The van der Waals surface area contributed by atoms with Crippen LogP contribution in [0.15, 0.2) is 70.6 Å². The smallest absolute Gasteiger partial charge is 0.270 e. The highest BCUT2D eigenvalue weighted by atomic mass is 32.2. The summed E-state index contributed by atoms with van der Waals surface area (Å²) in [5.41, 5.74) is 2.19. The molecule has 4 aromatic rings. The first-order valence-electron chi connectivity index (χ1n) is 9.60. The fourth-order valence-corrected chi connectivity index (χ4v) is 4.55. The largest absolute Gasteiger partial charge is 0.301 e. The quantitative estimate of drug-likeness (QED) is 0.325. The van der Waals surface area contributed by atoms with Crippen LogP contribution < -0.4 is 10.9 Å². The molecule has 7 nitrogen and oxygen atoms in total. The molecule has 0 aliphatic heterocycles. The van der Waals surface area contributed by atoms with Crippen LogP contribution in [-0.4, -0.2) is 26.6 Å². The van der Waals surface area contributed by atoms with Crippen molar-refractivity contribution in [3.05, 3.63) is 81.5 Å². The van der Waals surface area contributed by atoms with Crippen LogP contribution in [0.2, 0.25) is 0 Å². The van der Waals surface area contributed by atoms with Crippen molar-refractivity contribution in [3.8, 4) is 28.6 Å². The van der Waals surface area contributed by atoms with E-state index >= 15 is 0 Å². The number of rotatable bonds is 6. The Labute approximate surface area is 192 Å². The maximum atomic E-state index is 12.5. The minimum atomic E-state index is -0.535. The van der Waals surface area contributed by atoms with E-state index in [0.29, 0.717) is 16.4 Å². The Kier molecular flexibility index (Phi) is 6.44. The molecule has 158 valence electrons. The fraction of sp³-hybridized carbons (Fsp3) is 0.0870. The molecule has 0 bridgehead atoms. The Morgan fingerprint density at radius 1 is 1.06 bits per heavy atom. The van der Waals surface area contributed by atoms with Gasteiger partial charge in [-0.25, -0.2) is 9.97 Å². The van der Waals surface area contributed by atoms with E-state index in [1.165, 1.54) is 11.3 Å². The number of benzene rings is 2. The van der Waals surface area contributed by atoms with Crippen LogP contribution >= 0.6 is 23.1 Å². The Morgan fingerprint density at radius 3 is 2.31 bits per heavy atom. The number of thiazole rings is 1. The van der Waals surface area contributed by atoms with Crippen molar-refractivity contribution < 1.29 is 4.79 Å². The average molecular weight is 460 g/mol. The van der Waals surface area contributed by atoms with Gasteiger partial charge in [0.25, 0.3) is 5.56 Å². The van der Waals surface area contributed by atoms with E-state index in [4.69, 9.17) is 0 Å². The molecule has 0 unspecified atom stereocenters. The van der Waals surface area contributed by atoms with Gasteiger partial charge in [-0.1, -0.05) is 72.4 Å². The molecule has 2 aromatic heterocycles. The second-order valence-corrected chi connectivity index (χ2v) is 8.87. The number of amides is 1. The third kappa shape index (κ3) is 4.77. The number of nitrogens with zero attached hydrogens (tertiary/aromatic N) is 3. The number of aromatic nitrogens is 3. The van der Waals surface area contributed by atoms with Crippen LogP contribution in [0.5, 0.6) is 0 Å². The SMILES string of the molecule is Cc1sc(NC(=O)CSc2nc(-c3ccccc3)c(C#N)c(=O)[nH]2)nc1-c1ccccc1. The van der Waals surface area contributed by atoms with Crippen LogP contribution in [0.25, 0.3) is 22.5 Å². The zero-order chi connectivity index (χ0) is 22.5. The normalized spacial score (nSPS) is 10.5. The number of hydrogen-bond acceptors (Lipinski definition) is 7. The number of carbonyl (C=O) groups excluding carboxylic acids is 1. The highest BCUT2D eigenvalue weighted by Gasteiger charge is 2.16. The van der Waals surface area contributed by atoms with Gasteiger partial charge in [0.2, 0.25) is 5.91 Å². The summed E-state index contributed by atoms with van der Waals surface area (Å²) in [5, 5.41) is 12.9. The van der Waals surface area contributed by atoms with Crippen molar-refractivity contribution >= 4 is 34.1 Å². The molecule has 0 atom stereocenters. The third-order valence-corrected chi connectivity index (χ3v) is 6.25. The van der Waals surface area contributed by atoms with Gasteiger partial charge in [-0.15, -0.1) is 11.3 Å². The molecule has 0 spiro atoms. The van der Waals surface area contributed by atoms with Crippen LogP contribution in [0.1, 0.15) is 10.4 Å². The summed E-state index contributed by atoms with van der Waals surface area (Å²) < 4.78 is 0. The summed E-state index contributed by atoms with van der Waals surface area (Å²) >= 11 is 2.49. The molecule has 0 fully saturated rings. The number of carbonyl (C=O) groups is 1. The molecule has 0 saturated carbocycles. The summed E-state index contributed by atoms with van der Waals surface area (Å²) in [6.07, 6.45) is 0. The monoisotopic (exact) mass is 459 g/mol. The van der Waals surface area contributed by atoms with Crippen molar-refractivity contribution in [2.75, 3.05) is 11.1 Å². The minimum Gasteiger partial charge on any atom is -0.301 e. The lowest BCUT2D eigenvalue weighted by molar-refractivity contribution is -0.113. The van der Waals surface area contributed by atoms with Crippen molar-refractivity contribution in [1.82, 2.24) is 15.0 Å². The first-order valence-corrected chi connectivity index (χ1v) is 11.4. The molecule has 0 saturated heterocycles. The topological polar surface area (TPSA) is 112 Å². The number of nitriles is 1. The summed E-state index contributed by atoms with van der Waals surface area (Å²) in [6, 6.07) is 20.7. The second kappa shape index (κ2) is 9.60. The number of nitrogens with one attached hydrogen (secondary N) is 2. The van der Waals surface area contributed by atoms with Gasteiger partial charge in [0.05, 0.1) is 17.1 Å². The summed E-state index contributed by atoms with van der Waals surface area (Å²) in [7, 11) is 0. The number of H-pyrrole nitrogens is 1. The number of hydrogen-bond donors (Lipinski definition) is 2. The van der Waals surface area contributed by atoms with Crippen LogP contribution in [-0.2, 0) is 4.79 Å². The van der Waals surface area contributed by atoms with E-state index in [2.05, 4.69) is 20.3 Å². The molecule has 0 radical (unpaired) electrons. The molecule has 0 aliphatic carbocycles. The zero-order valence-corrected chi connectivity index (χ0v) is 18.6. The molecule has 2 N–H and O–H groups in total. The van der Waals surface area contributed by atoms with Gasteiger partial charge < -0.3 is 10.3 Å². The van der Waals surface area contributed by atoms with Gasteiger partial charge >= 0.3 is 0 Å². The van der Waals surface area contributed by atoms with Gasteiger partial charge in [-0.2, -0.15) is 5.26 Å². The third-order valence-electron chi connectivity index (χ3n) is 4.49. The van der Waals surface area contributed by atoms with Gasteiger partial charge in [0, 0.05) is 16.0 Å². The molecular formula is C23H17N5O2S2. The molecular weight excluding hydrogens is 442 g/mol. The maximum absolute atomic E-state index is 12.5. The van der Waals surface area contributed by atoms with Crippen molar-refractivity contribution in [1.29, 1.82) is 5.26 Å². The summed E-state index contributed by atoms with van der Waals surface area (Å²) in [5.74, 6) is -0.237. The number of aromatic amines is 1. The highest BCUT2D eigenvalue weighted by Crippen LogP contribution is 2.30. The maximum Gasteiger partial charge on any atom is 0.270 e. The molecule has 2 heterocycles. The van der Waals surface area contributed by atoms with E-state index in [1.54, 1.807) is 24.3 Å². The highest BCUT2D eigenvalue weighted by molar-refractivity contribution is 7.99. The molecule has 0 aliphatic rings. The van der Waals surface area contributed by atoms with E-state index < -0.39 is 5.56 Å². The predicted octanol–water partition coefficient (Wildman–Crippen LogP) is 4.47. The second-order valence-electron chi connectivity index (χ2n) is 6.70. The van der Waals surface area contributed by atoms with E-state index in [1.807, 2.05) is 49.4 Å². The van der Waals surface area contributed by atoms with Crippen molar-refractivity contribution in [2.45, 2.75) is 12.1 Å². The molecule has 9 heteroatoms. The predicted molar refractivity (Wildman–Crippen MR) is 127 cm³/mol. The van der Waals surface area contributed by atoms with Gasteiger partial charge in [-0.3, -0.25) is 9.59 Å². The van der Waals surface area contributed by atoms with Crippen LogP contribution in [0.3, 0.4) is 0 Å². The fourth-order valence-electron chi connectivity index (χ4n) is 3.03. The van der Waals surface area contributed by atoms with E-state index in [-0.39, 0.29) is 22.4 Å². The van der Waals surface area contributed by atoms with E-state index in [0.717, 1.165) is 27.9 Å². The van der Waals surface area contributed by atoms with Crippen molar-refractivity contribution in [2.24, 2.45) is 0 Å². The molecule has 2 aromatic carbocycles. The minimum absolute atomic E-state index is 0.0301. The van der Waals surface area contributed by atoms with Crippen LogP contribution in [0.4, 0.5) is 5.13 Å². The van der Waals surface area contributed by atoms with E-state index in [9.17, 15) is 14.9 Å². The number of anilines is 1. The first kappa shape index (κ1) is 21.5. The zero-order valence-electron chi connectivity index (χ0n) is 17.0. The van der Waals surface area contributed by atoms with Gasteiger partial charge in [-0.05, 0) is 6.92 Å². The lowest BCUT2D eigenvalue weighted by Crippen LogP contribution is -2.17. The number of thioether (sulfide) groups is 1. The average Bonchev–Trinajstić information content (AvgIpc) is 3.18.